The normalized spacial score (nSPS) is 22.2. The highest BCUT2D eigenvalue weighted by atomic mass is 16.5. The maximum Gasteiger partial charge on any atom is 0.248 e. The summed E-state index contributed by atoms with van der Waals surface area (Å²) in [6, 6.07) is 2.11. The van der Waals surface area contributed by atoms with Gasteiger partial charge in [0, 0.05) is 45.0 Å². The molecule has 0 aromatic carbocycles. The topological polar surface area (TPSA) is 67.8 Å². The van der Waals surface area contributed by atoms with Gasteiger partial charge in [0.25, 0.3) is 0 Å². The van der Waals surface area contributed by atoms with Crippen LogP contribution in [0, 0.1) is 5.92 Å². The molecule has 3 rings (SSSR count). The zero-order chi connectivity index (χ0) is 18.4. The molecular weight excluding hydrogens is 332 g/mol. The van der Waals surface area contributed by atoms with Crippen molar-refractivity contribution >= 4 is 11.9 Å². The van der Waals surface area contributed by atoms with E-state index in [2.05, 4.69) is 19.8 Å². The minimum atomic E-state index is 0.137. The van der Waals surface area contributed by atoms with E-state index in [1.807, 2.05) is 0 Å². The number of aromatic nitrogens is 2. The Hall–Kier alpha value is -1.89. The van der Waals surface area contributed by atoms with Crippen LogP contribution in [0.5, 0.6) is 5.88 Å². The molecule has 2 saturated heterocycles. The van der Waals surface area contributed by atoms with Crippen molar-refractivity contribution in [1.82, 2.24) is 14.9 Å². The smallest absolute Gasteiger partial charge is 0.248 e. The average molecular weight is 362 g/mol. The molecule has 144 valence electrons. The number of hydrogen-bond donors (Lipinski definition) is 0. The van der Waals surface area contributed by atoms with E-state index in [1.165, 1.54) is 12.8 Å². The molecule has 2 fully saturated rings. The van der Waals surface area contributed by atoms with Crippen LogP contribution in [0.4, 0.5) is 5.95 Å². The van der Waals surface area contributed by atoms with Gasteiger partial charge >= 0.3 is 0 Å². The quantitative estimate of drug-likeness (QED) is 0.799. The second-order valence-corrected chi connectivity index (χ2v) is 7.16. The van der Waals surface area contributed by atoms with Crippen molar-refractivity contribution < 1.29 is 14.3 Å². The predicted octanol–water partition coefficient (Wildman–Crippen LogP) is 2.12. The zero-order valence-corrected chi connectivity index (χ0v) is 15.9. The lowest BCUT2D eigenvalue weighted by Gasteiger charge is -2.40. The summed E-state index contributed by atoms with van der Waals surface area (Å²) in [5.74, 6) is 2.00. The van der Waals surface area contributed by atoms with Gasteiger partial charge in [-0.2, -0.15) is 4.98 Å². The van der Waals surface area contributed by atoms with Crippen LogP contribution in [0.25, 0.3) is 0 Å². The number of carbonyl (C=O) groups excluding carboxylic acids is 1. The van der Waals surface area contributed by atoms with Crippen LogP contribution in [0.1, 0.15) is 38.5 Å². The summed E-state index contributed by atoms with van der Waals surface area (Å²) in [6.07, 6.45) is 8.48. The Morgan fingerprint density at radius 1 is 1.15 bits per heavy atom. The number of methoxy groups -OCH3 is 2. The number of ether oxygens (including phenoxy) is 2. The molecule has 3 heterocycles. The second kappa shape index (κ2) is 9.16. The lowest BCUT2D eigenvalue weighted by molar-refractivity contribution is -0.138. The maximum atomic E-state index is 12.5. The molecule has 1 atom stereocenters. The Bertz CT molecular complexity index is 590. The standard InChI is InChI=1S/C19H30N4O3/c1-25-14-18(24)23-11-5-3-4-6-16(23)15-8-12-22(13-9-15)19-20-10-7-17(21-19)26-2/h7,10,15-16H,3-6,8-9,11-14H2,1-2H3/t16-/m0/s1. The highest BCUT2D eigenvalue weighted by Gasteiger charge is 2.34. The van der Waals surface area contributed by atoms with Crippen molar-refractivity contribution in [2.45, 2.75) is 44.6 Å². The molecule has 26 heavy (non-hydrogen) atoms. The Labute approximate surface area is 155 Å². The average Bonchev–Trinajstić information content (AvgIpc) is 2.94. The van der Waals surface area contributed by atoms with Crippen molar-refractivity contribution in [2.75, 3.05) is 45.4 Å². The lowest BCUT2D eigenvalue weighted by atomic mass is 9.86. The van der Waals surface area contributed by atoms with E-state index < -0.39 is 0 Å². The van der Waals surface area contributed by atoms with Gasteiger partial charge in [-0.1, -0.05) is 12.8 Å². The van der Waals surface area contributed by atoms with Gasteiger partial charge < -0.3 is 19.3 Å². The van der Waals surface area contributed by atoms with Crippen molar-refractivity contribution in [3.8, 4) is 5.88 Å². The Morgan fingerprint density at radius 2 is 1.96 bits per heavy atom. The van der Waals surface area contributed by atoms with E-state index in [0.717, 1.165) is 51.3 Å². The number of rotatable bonds is 5. The molecule has 7 nitrogen and oxygen atoms in total. The van der Waals surface area contributed by atoms with Gasteiger partial charge in [-0.3, -0.25) is 4.79 Å². The van der Waals surface area contributed by atoms with Gasteiger partial charge in [0.15, 0.2) is 0 Å². The Morgan fingerprint density at radius 3 is 2.69 bits per heavy atom. The number of nitrogens with zero attached hydrogens (tertiary/aromatic N) is 4. The van der Waals surface area contributed by atoms with E-state index in [9.17, 15) is 4.79 Å². The van der Waals surface area contributed by atoms with Gasteiger partial charge in [-0.25, -0.2) is 4.98 Å². The minimum Gasteiger partial charge on any atom is -0.481 e. The molecule has 0 spiro atoms. The van der Waals surface area contributed by atoms with E-state index >= 15 is 0 Å². The van der Waals surface area contributed by atoms with E-state index in [4.69, 9.17) is 9.47 Å². The number of piperidine rings is 1. The van der Waals surface area contributed by atoms with Gasteiger partial charge in [-0.15, -0.1) is 0 Å². The first-order chi connectivity index (χ1) is 12.7. The highest BCUT2D eigenvalue weighted by Crippen LogP contribution is 2.31. The van der Waals surface area contributed by atoms with Crippen LogP contribution in [-0.4, -0.2) is 67.3 Å². The maximum absolute atomic E-state index is 12.5. The summed E-state index contributed by atoms with van der Waals surface area (Å²) < 4.78 is 10.3. The van der Waals surface area contributed by atoms with Crippen LogP contribution in [0.15, 0.2) is 12.3 Å². The summed E-state index contributed by atoms with van der Waals surface area (Å²) in [7, 11) is 3.22. The first kappa shape index (κ1) is 18.9. The van der Waals surface area contributed by atoms with Crippen molar-refractivity contribution in [3.05, 3.63) is 12.3 Å². The second-order valence-electron chi connectivity index (χ2n) is 7.16. The summed E-state index contributed by atoms with van der Waals surface area (Å²) in [6.45, 7) is 2.89. The zero-order valence-electron chi connectivity index (χ0n) is 15.9. The fraction of sp³-hybridized carbons (Fsp3) is 0.737. The molecule has 0 saturated carbocycles. The van der Waals surface area contributed by atoms with Crippen LogP contribution >= 0.6 is 0 Å². The fourth-order valence-electron chi connectivity index (χ4n) is 4.22. The number of amides is 1. The van der Waals surface area contributed by atoms with Gasteiger partial charge in [0.1, 0.15) is 6.61 Å². The molecule has 0 unspecified atom stereocenters. The molecular formula is C19H30N4O3. The summed E-state index contributed by atoms with van der Waals surface area (Å²) in [4.78, 5) is 25.7. The number of hydrogen-bond acceptors (Lipinski definition) is 6. The summed E-state index contributed by atoms with van der Waals surface area (Å²) >= 11 is 0. The molecule has 0 radical (unpaired) electrons. The third-order valence-corrected chi connectivity index (χ3v) is 5.58. The number of likely N-dealkylation sites (tertiary alicyclic amines) is 1. The van der Waals surface area contributed by atoms with Crippen molar-refractivity contribution in [2.24, 2.45) is 5.92 Å². The van der Waals surface area contributed by atoms with Crippen molar-refractivity contribution in [3.63, 3.8) is 0 Å². The fourth-order valence-corrected chi connectivity index (χ4v) is 4.22. The Kier molecular flexibility index (Phi) is 6.66. The molecule has 1 aromatic heterocycles. The van der Waals surface area contributed by atoms with Gasteiger partial charge in [0.05, 0.1) is 7.11 Å². The lowest BCUT2D eigenvalue weighted by Crippen LogP contribution is -2.49. The molecule has 0 bridgehead atoms. The van der Waals surface area contributed by atoms with Crippen molar-refractivity contribution in [1.29, 1.82) is 0 Å². The van der Waals surface area contributed by atoms with Crippen LogP contribution in [0.2, 0.25) is 0 Å². The molecule has 0 N–H and O–H groups in total. The minimum absolute atomic E-state index is 0.137. The van der Waals surface area contributed by atoms with E-state index in [1.54, 1.807) is 26.5 Å². The third kappa shape index (κ3) is 4.44. The van der Waals surface area contributed by atoms with Crippen LogP contribution in [-0.2, 0) is 9.53 Å². The molecule has 0 aliphatic carbocycles. The SMILES string of the molecule is COCC(=O)N1CCCCC[C@H]1C1CCN(c2nccc(OC)n2)CC1. The summed E-state index contributed by atoms with van der Waals surface area (Å²) in [5, 5.41) is 0. The van der Waals surface area contributed by atoms with Crippen LogP contribution < -0.4 is 9.64 Å². The number of carbonyl (C=O) groups is 1. The summed E-state index contributed by atoms with van der Waals surface area (Å²) in [5.41, 5.74) is 0. The molecule has 1 amide bonds. The molecule has 2 aliphatic heterocycles. The van der Waals surface area contributed by atoms with E-state index in [-0.39, 0.29) is 12.5 Å². The van der Waals surface area contributed by atoms with Gasteiger partial charge in [0.2, 0.25) is 17.7 Å². The largest absolute Gasteiger partial charge is 0.481 e. The molecule has 2 aliphatic rings. The first-order valence-electron chi connectivity index (χ1n) is 9.63. The molecule has 1 aromatic rings. The third-order valence-electron chi connectivity index (χ3n) is 5.58. The molecule has 7 heteroatoms. The van der Waals surface area contributed by atoms with Crippen LogP contribution in [0.3, 0.4) is 0 Å². The van der Waals surface area contributed by atoms with E-state index in [0.29, 0.717) is 17.8 Å². The highest BCUT2D eigenvalue weighted by molar-refractivity contribution is 5.77. The predicted molar refractivity (Wildman–Crippen MR) is 99.4 cm³/mol. The first-order valence-corrected chi connectivity index (χ1v) is 9.63. The monoisotopic (exact) mass is 362 g/mol. The Balaban J connectivity index is 1.64. The van der Waals surface area contributed by atoms with Gasteiger partial charge in [-0.05, 0) is 31.6 Å². The number of anilines is 1.